The van der Waals surface area contributed by atoms with E-state index in [0.29, 0.717) is 5.57 Å². The number of hydrogen-bond acceptors (Lipinski definition) is 7. The molecule has 0 aromatic heterocycles. The van der Waals surface area contributed by atoms with Crippen LogP contribution in [0.2, 0.25) is 0 Å². The number of amides is 4. The number of barbiturate groups is 1. The van der Waals surface area contributed by atoms with Gasteiger partial charge in [-0.05, 0) is 148 Å². The van der Waals surface area contributed by atoms with Crippen molar-refractivity contribution < 1.29 is 23.9 Å². The van der Waals surface area contributed by atoms with Gasteiger partial charge >= 0.3 is 6.03 Å². The molecule has 332 valence electrons. The second kappa shape index (κ2) is 16.0. The number of carbonyl (C=O) groups is 3. The molecule has 64 heavy (non-hydrogen) atoms. The summed E-state index contributed by atoms with van der Waals surface area (Å²) >= 11 is 0. The molecule has 0 spiro atoms. The summed E-state index contributed by atoms with van der Waals surface area (Å²) in [5, 5.41) is 4.54. The number of allylic oxidation sites excluding steroid dienone is 11. The molecule has 4 amide bonds. The van der Waals surface area contributed by atoms with E-state index in [-0.39, 0.29) is 17.7 Å². The summed E-state index contributed by atoms with van der Waals surface area (Å²) in [5.41, 5.74) is 8.07. The maximum atomic E-state index is 14.7. The second-order valence-electron chi connectivity index (χ2n) is 19.5. The van der Waals surface area contributed by atoms with Crippen molar-refractivity contribution in [2.75, 3.05) is 24.0 Å². The third kappa shape index (κ3) is 6.77. The van der Waals surface area contributed by atoms with Crippen molar-refractivity contribution >= 4 is 50.8 Å². The molecule has 1 saturated heterocycles. The third-order valence-electron chi connectivity index (χ3n) is 13.4. The molecule has 9 nitrogen and oxygen atoms in total. The fourth-order valence-electron chi connectivity index (χ4n) is 10.5. The van der Waals surface area contributed by atoms with Crippen molar-refractivity contribution in [1.29, 1.82) is 0 Å². The van der Waals surface area contributed by atoms with Crippen LogP contribution in [-0.4, -0.2) is 66.0 Å². The van der Waals surface area contributed by atoms with Gasteiger partial charge in [-0.3, -0.25) is 19.4 Å². The molecule has 3 aliphatic heterocycles. The second-order valence-corrected chi connectivity index (χ2v) is 19.5. The molecule has 0 unspecified atom stereocenters. The normalized spacial score (nSPS) is 20.8. The molecular weight excluding hydrogens is 797 g/mol. The average Bonchev–Trinajstić information content (AvgIpc) is 3.82. The quantitative estimate of drug-likeness (QED) is 0.129. The molecule has 1 fully saturated rings. The van der Waals surface area contributed by atoms with Crippen LogP contribution < -0.4 is 19.3 Å². The van der Waals surface area contributed by atoms with Crippen LogP contribution in [0.4, 0.5) is 16.2 Å². The van der Waals surface area contributed by atoms with Crippen molar-refractivity contribution in [2.45, 2.75) is 118 Å². The Kier molecular flexibility index (Phi) is 11.1. The van der Waals surface area contributed by atoms with Gasteiger partial charge in [0.05, 0.1) is 14.2 Å². The number of benzene rings is 4. The smallest absolute Gasteiger partial charge is 0.334 e. The van der Waals surface area contributed by atoms with E-state index >= 15 is 0 Å². The summed E-state index contributed by atoms with van der Waals surface area (Å²) in [6.07, 6.45) is 12.4. The predicted molar refractivity (Wildman–Crippen MR) is 260 cm³/mol. The van der Waals surface area contributed by atoms with Gasteiger partial charge in [0, 0.05) is 63.3 Å². The number of carbonyl (C=O) groups excluding carboxylic acids is 3. The number of rotatable bonds is 8. The van der Waals surface area contributed by atoms with Crippen LogP contribution in [0.5, 0.6) is 11.5 Å². The zero-order valence-electron chi connectivity index (χ0n) is 39.9. The summed E-state index contributed by atoms with van der Waals surface area (Å²) in [6.45, 7) is 25.0. The summed E-state index contributed by atoms with van der Waals surface area (Å²) < 4.78 is 11.2. The fraction of sp³-hybridized carbons (Fsp3) is 0.364. The first kappa shape index (κ1) is 44.3. The zero-order chi connectivity index (χ0) is 46.3. The lowest BCUT2D eigenvalue weighted by Gasteiger charge is -2.38. The molecule has 9 heteroatoms. The summed E-state index contributed by atoms with van der Waals surface area (Å²) in [4.78, 5) is 50.6. The molecule has 4 aliphatic rings. The van der Waals surface area contributed by atoms with E-state index in [0.717, 1.165) is 67.0 Å². The highest BCUT2D eigenvalue weighted by atomic mass is 16.5. The molecule has 0 radical (unpaired) electrons. The number of ether oxygens (including phenoxy) is 2. The van der Waals surface area contributed by atoms with Gasteiger partial charge < -0.3 is 19.3 Å². The van der Waals surface area contributed by atoms with Gasteiger partial charge in [0.15, 0.2) is 0 Å². The van der Waals surface area contributed by atoms with Gasteiger partial charge in [0.1, 0.15) is 17.1 Å². The fourth-order valence-corrected chi connectivity index (χ4v) is 10.5. The Labute approximate surface area is 378 Å². The molecule has 0 atom stereocenters. The summed E-state index contributed by atoms with van der Waals surface area (Å²) in [7, 11) is 3.38. The van der Waals surface area contributed by atoms with Crippen molar-refractivity contribution in [2.24, 2.45) is 0 Å². The lowest BCUT2D eigenvalue weighted by atomic mass is 9.80. The van der Waals surface area contributed by atoms with Crippen molar-refractivity contribution in [3.8, 4) is 11.5 Å². The molecule has 8 rings (SSSR count). The molecule has 0 saturated carbocycles. The Bertz CT molecular complexity index is 2660. The number of imide groups is 2. The van der Waals surface area contributed by atoms with Gasteiger partial charge in [0.2, 0.25) is 0 Å². The number of anilines is 2. The number of methoxy groups -OCH3 is 2. The van der Waals surface area contributed by atoms with E-state index in [1.165, 1.54) is 20.9 Å². The first-order valence-electron chi connectivity index (χ1n) is 22.6. The number of hydrogen-bond donors (Lipinski definition) is 0. The molecule has 4 aromatic rings. The minimum absolute atomic E-state index is 0.00875. The van der Waals surface area contributed by atoms with E-state index in [1.54, 1.807) is 14.2 Å². The number of fused-ring (bicyclic) bond motifs is 6. The summed E-state index contributed by atoms with van der Waals surface area (Å²) in [6, 6.07) is 19.9. The Morgan fingerprint density at radius 1 is 0.484 bits per heavy atom. The Hall–Kier alpha value is -6.35. The minimum atomic E-state index is -0.596. The summed E-state index contributed by atoms with van der Waals surface area (Å²) in [5.74, 6) is 0.448. The third-order valence-corrected chi connectivity index (χ3v) is 13.4. The first-order valence-corrected chi connectivity index (χ1v) is 22.6. The monoisotopic (exact) mass is 858 g/mol. The maximum absolute atomic E-state index is 14.7. The number of urea groups is 1. The van der Waals surface area contributed by atoms with Gasteiger partial charge in [-0.15, -0.1) is 0 Å². The van der Waals surface area contributed by atoms with E-state index in [1.807, 2.05) is 64.1 Å². The predicted octanol–water partition coefficient (Wildman–Crippen LogP) is 11.8. The molecule has 0 bridgehead atoms. The lowest BCUT2D eigenvalue weighted by molar-refractivity contribution is -0.137. The van der Waals surface area contributed by atoms with Gasteiger partial charge in [-0.25, -0.2) is 4.79 Å². The average molecular weight is 859 g/mol. The Morgan fingerprint density at radius 2 is 0.859 bits per heavy atom. The van der Waals surface area contributed by atoms with Gasteiger partial charge in [0.25, 0.3) is 11.8 Å². The molecule has 0 N–H and O–H groups in total. The van der Waals surface area contributed by atoms with Crippen LogP contribution in [0, 0.1) is 0 Å². The molecule has 1 aliphatic carbocycles. The van der Waals surface area contributed by atoms with Crippen LogP contribution in [0.15, 0.2) is 131 Å². The highest BCUT2D eigenvalue weighted by molar-refractivity contribution is 6.30. The van der Waals surface area contributed by atoms with Crippen molar-refractivity contribution in [3.63, 3.8) is 0 Å². The topological polar surface area (TPSA) is 82.6 Å². The Balaban J connectivity index is 1.33. The Morgan fingerprint density at radius 3 is 1.20 bits per heavy atom. The zero-order valence-corrected chi connectivity index (χ0v) is 39.9. The van der Waals surface area contributed by atoms with Crippen LogP contribution in [0.3, 0.4) is 0 Å². The lowest BCUT2D eigenvalue weighted by Crippen LogP contribution is -2.60. The number of nitrogens with zero attached hydrogens (tertiary/aromatic N) is 4. The van der Waals surface area contributed by atoms with Crippen molar-refractivity contribution in [1.82, 2.24) is 9.80 Å². The van der Waals surface area contributed by atoms with Crippen molar-refractivity contribution in [3.05, 3.63) is 142 Å². The highest BCUT2D eigenvalue weighted by Crippen LogP contribution is 2.54. The maximum Gasteiger partial charge on any atom is 0.334 e. The van der Waals surface area contributed by atoms with Crippen LogP contribution in [0.25, 0.3) is 21.5 Å². The van der Waals surface area contributed by atoms with Gasteiger partial charge in [-0.2, -0.15) is 0 Å². The SMILES string of the molecule is COc1ccc2c3c(ccc2c1)N(C(C)C)/C(=C/C=C1C=C/C(=C\C=C2\N(C(C)C)c4ccc5cc(OC)ccc5c4C2(C)C)C\1=C1C(=O)N(C(C)C)C(=O)N(C(C)C)C1=O)C3(C)C. The minimum Gasteiger partial charge on any atom is -0.497 e. The van der Waals surface area contributed by atoms with Gasteiger partial charge in [-0.1, -0.05) is 76.3 Å². The highest BCUT2D eigenvalue weighted by Gasteiger charge is 2.48. The van der Waals surface area contributed by atoms with E-state index in [2.05, 4.69) is 126 Å². The van der Waals surface area contributed by atoms with E-state index < -0.39 is 40.8 Å². The largest absolute Gasteiger partial charge is 0.497 e. The molecular formula is C55H62N4O5. The standard InChI is InChI=1S/C55H62N4O5/c1-31(2)56-43-25-17-37-29-39(63-13)21-23-41(37)49(43)54(9,10)45(56)27-19-35-15-16-36(47(35)48-51(60)58(33(5)6)53(62)59(34(7)8)52(48)61)20-28-46-55(11,12)50-42-24-22-40(64-14)30-38(42)18-26-44(50)57(46)32(3)4/h15-34H,1-14H3/b35-19+,36-20+,45-27+,46-28+. The molecule has 3 heterocycles. The van der Waals surface area contributed by atoms with E-state index in [4.69, 9.17) is 9.47 Å². The molecule has 4 aromatic carbocycles. The van der Waals surface area contributed by atoms with Crippen LogP contribution >= 0.6 is 0 Å². The van der Waals surface area contributed by atoms with E-state index in [9.17, 15) is 14.4 Å². The first-order chi connectivity index (χ1) is 30.3. The van der Waals surface area contributed by atoms with Crippen LogP contribution in [-0.2, 0) is 20.4 Å². The van der Waals surface area contributed by atoms with Crippen LogP contribution in [0.1, 0.15) is 94.2 Å².